The molecular weight excluding hydrogens is 514 g/mol. The Bertz CT molecular complexity index is 1510. The van der Waals surface area contributed by atoms with Gasteiger partial charge in [0.05, 0.1) is 47.1 Å². The largest absolute Gasteiger partial charge is 0.493 e. The Labute approximate surface area is 219 Å². The second-order valence-corrected chi connectivity index (χ2v) is 11.6. The molecule has 5 rings (SSSR count). The van der Waals surface area contributed by atoms with Crippen molar-refractivity contribution in [3.63, 3.8) is 0 Å². The molecule has 4 aromatic rings. The van der Waals surface area contributed by atoms with Gasteiger partial charge in [0.1, 0.15) is 0 Å². The Kier molecular flexibility index (Phi) is 6.88. The fraction of sp³-hybridized carbons (Fsp3) is 0.320. The highest BCUT2D eigenvalue weighted by atomic mass is 32.2. The quantitative estimate of drug-likeness (QED) is 0.347. The number of piperazine rings is 1. The number of aryl methyl sites for hydroxylation is 1. The molecule has 0 spiro atoms. The number of hydrogen-bond donors (Lipinski definition) is 0. The normalized spacial score (nSPS) is 14.6. The first-order chi connectivity index (χ1) is 17.8. The standard InChI is InChI=1S/C25H27N5O5S2/c1-16-26-20-6-5-18(15-23(20)36-16)37(31,32)30-11-9-29(10-12-30)24-8-7-19(27-28-24)17-13-21(33-2)25(35-4)22(14-17)34-3/h5-8,13-15H,9-12H2,1-4H3. The molecular formula is C25H27N5O5S2. The zero-order chi connectivity index (χ0) is 26.2. The summed E-state index contributed by atoms with van der Waals surface area (Å²) in [7, 11) is 1.09. The summed E-state index contributed by atoms with van der Waals surface area (Å²) in [5.74, 6) is 2.26. The maximum absolute atomic E-state index is 13.3. The summed E-state index contributed by atoms with van der Waals surface area (Å²) in [6.45, 7) is 3.66. The van der Waals surface area contributed by atoms with Gasteiger partial charge in [0.2, 0.25) is 15.8 Å². The van der Waals surface area contributed by atoms with Crippen LogP contribution in [0.3, 0.4) is 0 Å². The van der Waals surface area contributed by atoms with Crippen LogP contribution in [0.2, 0.25) is 0 Å². The van der Waals surface area contributed by atoms with Crippen molar-refractivity contribution in [2.45, 2.75) is 11.8 Å². The highest BCUT2D eigenvalue weighted by molar-refractivity contribution is 7.89. The molecule has 0 N–H and O–H groups in total. The van der Waals surface area contributed by atoms with E-state index in [0.29, 0.717) is 59.8 Å². The Morgan fingerprint density at radius 3 is 2.16 bits per heavy atom. The van der Waals surface area contributed by atoms with Crippen LogP contribution < -0.4 is 19.1 Å². The van der Waals surface area contributed by atoms with Crippen LogP contribution in [-0.4, -0.2) is 75.4 Å². The van der Waals surface area contributed by atoms with Crippen molar-refractivity contribution in [3.05, 3.63) is 47.5 Å². The summed E-state index contributed by atoms with van der Waals surface area (Å²) < 4.78 is 45.2. The molecule has 0 unspecified atom stereocenters. The average Bonchev–Trinajstić information content (AvgIpc) is 3.31. The van der Waals surface area contributed by atoms with E-state index in [-0.39, 0.29) is 0 Å². The minimum absolute atomic E-state index is 0.298. The highest BCUT2D eigenvalue weighted by Gasteiger charge is 2.29. The summed E-state index contributed by atoms with van der Waals surface area (Å²) in [4.78, 5) is 6.75. The number of anilines is 1. The third-order valence-electron chi connectivity index (χ3n) is 6.28. The lowest BCUT2D eigenvalue weighted by molar-refractivity contribution is 0.324. The van der Waals surface area contributed by atoms with E-state index < -0.39 is 10.0 Å². The van der Waals surface area contributed by atoms with E-state index in [0.717, 1.165) is 20.8 Å². The number of hydrogen-bond acceptors (Lipinski definition) is 10. The maximum atomic E-state index is 13.3. The van der Waals surface area contributed by atoms with Crippen molar-refractivity contribution < 1.29 is 22.6 Å². The average molecular weight is 542 g/mol. The molecule has 0 saturated carbocycles. The molecule has 1 aliphatic heterocycles. The van der Waals surface area contributed by atoms with E-state index in [9.17, 15) is 8.42 Å². The van der Waals surface area contributed by atoms with E-state index in [4.69, 9.17) is 14.2 Å². The van der Waals surface area contributed by atoms with E-state index in [2.05, 4.69) is 15.2 Å². The fourth-order valence-corrected chi connectivity index (χ4v) is 6.75. The summed E-state index contributed by atoms with van der Waals surface area (Å²) in [5, 5.41) is 9.71. The van der Waals surface area contributed by atoms with Crippen LogP contribution >= 0.6 is 11.3 Å². The van der Waals surface area contributed by atoms with E-state index in [1.54, 1.807) is 39.5 Å². The van der Waals surface area contributed by atoms with Gasteiger partial charge in [-0.2, -0.15) is 4.31 Å². The molecule has 2 aromatic heterocycles. The molecule has 0 atom stereocenters. The van der Waals surface area contributed by atoms with Crippen LogP contribution in [-0.2, 0) is 10.0 Å². The van der Waals surface area contributed by atoms with E-state index in [1.165, 1.54) is 15.6 Å². The molecule has 1 fully saturated rings. The van der Waals surface area contributed by atoms with Gasteiger partial charge in [-0.05, 0) is 49.4 Å². The third-order valence-corrected chi connectivity index (χ3v) is 9.11. The second-order valence-electron chi connectivity index (χ2n) is 8.44. The molecule has 194 valence electrons. The molecule has 37 heavy (non-hydrogen) atoms. The molecule has 0 aliphatic carbocycles. The molecule has 0 bridgehead atoms. The monoisotopic (exact) mass is 541 g/mol. The van der Waals surface area contributed by atoms with Crippen molar-refractivity contribution in [2.24, 2.45) is 0 Å². The number of thiazole rings is 1. The molecule has 12 heteroatoms. The lowest BCUT2D eigenvalue weighted by Crippen LogP contribution is -2.48. The number of methoxy groups -OCH3 is 3. The number of fused-ring (bicyclic) bond motifs is 1. The number of aromatic nitrogens is 3. The van der Waals surface area contributed by atoms with Gasteiger partial charge in [0.25, 0.3) is 0 Å². The lowest BCUT2D eigenvalue weighted by Gasteiger charge is -2.34. The van der Waals surface area contributed by atoms with Gasteiger partial charge in [-0.25, -0.2) is 13.4 Å². The maximum Gasteiger partial charge on any atom is 0.243 e. The van der Waals surface area contributed by atoms with Crippen LogP contribution in [0.15, 0.2) is 47.4 Å². The van der Waals surface area contributed by atoms with E-state index in [1.807, 2.05) is 36.1 Å². The minimum Gasteiger partial charge on any atom is -0.493 e. The Balaban J connectivity index is 1.29. The van der Waals surface area contributed by atoms with Gasteiger partial charge in [-0.1, -0.05) is 0 Å². The molecule has 10 nitrogen and oxygen atoms in total. The molecule has 3 heterocycles. The number of sulfonamides is 1. The third kappa shape index (κ3) is 4.79. The first kappa shape index (κ1) is 25.2. The number of nitrogens with zero attached hydrogens (tertiary/aromatic N) is 5. The topological polar surface area (TPSA) is 107 Å². The van der Waals surface area contributed by atoms with Gasteiger partial charge in [-0.3, -0.25) is 0 Å². The minimum atomic E-state index is -3.60. The molecule has 0 amide bonds. The molecule has 1 saturated heterocycles. The second kappa shape index (κ2) is 10.1. The van der Waals surface area contributed by atoms with Crippen molar-refractivity contribution in [1.29, 1.82) is 0 Å². The Morgan fingerprint density at radius 1 is 0.865 bits per heavy atom. The molecule has 0 radical (unpaired) electrons. The van der Waals surface area contributed by atoms with Crippen molar-refractivity contribution in [1.82, 2.24) is 19.5 Å². The van der Waals surface area contributed by atoms with E-state index >= 15 is 0 Å². The van der Waals surface area contributed by atoms with Crippen LogP contribution in [0, 0.1) is 6.92 Å². The van der Waals surface area contributed by atoms with Crippen molar-refractivity contribution >= 4 is 37.4 Å². The number of ether oxygens (including phenoxy) is 3. The summed E-state index contributed by atoms with van der Waals surface area (Å²) in [6, 6.07) is 12.5. The summed E-state index contributed by atoms with van der Waals surface area (Å²) in [5.41, 5.74) is 2.25. The molecule has 1 aliphatic rings. The SMILES string of the molecule is COc1cc(-c2ccc(N3CCN(S(=O)(=O)c4ccc5nc(C)sc5c4)CC3)nn2)cc(OC)c1OC. The van der Waals surface area contributed by atoms with Crippen molar-refractivity contribution in [3.8, 4) is 28.5 Å². The summed E-state index contributed by atoms with van der Waals surface area (Å²) in [6.07, 6.45) is 0. The fourth-order valence-electron chi connectivity index (χ4n) is 4.36. The van der Waals surface area contributed by atoms with Gasteiger partial charge >= 0.3 is 0 Å². The zero-order valence-corrected chi connectivity index (χ0v) is 22.6. The predicted octanol–water partition coefficient (Wildman–Crippen LogP) is 3.60. The van der Waals surface area contributed by atoms with Crippen LogP contribution in [0.4, 0.5) is 5.82 Å². The first-order valence-electron chi connectivity index (χ1n) is 11.6. The van der Waals surface area contributed by atoms with Gasteiger partial charge < -0.3 is 19.1 Å². The van der Waals surface area contributed by atoms with Crippen LogP contribution in [0.1, 0.15) is 5.01 Å². The lowest BCUT2D eigenvalue weighted by atomic mass is 10.1. The van der Waals surface area contributed by atoms with Crippen molar-refractivity contribution in [2.75, 3.05) is 52.4 Å². The van der Waals surface area contributed by atoms with Crippen LogP contribution in [0.25, 0.3) is 21.5 Å². The zero-order valence-electron chi connectivity index (χ0n) is 21.0. The first-order valence-corrected chi connectivity index (χ1v) is 13.9. The predicted molar refractivity (Wildman–Crippen MR) is 142 cm³/mol. The van der Waals surface area contributed by atoms with Crippen LogP contribution in [0.5, 0.6) is 17.2 Å². The Hall–Kier alpha value is -3.48. The Morgan fingerprint density at radius 2 is 1.57 bits per heavy atom. The smallest absolute Gasteiger partial charge is 0.243 e. The molecule has 2 aromatic carbocycles. The number of rotatable bonds is 7. The number of benzene rings is 2. The van der Waals surface area contributed by atoms with Gasteiger partial charge in [0, 0.05) is 31.7 Å². The summed E-state index contributed by atoms with van der Waals surface area (Å²) >= 11 is 1.49. The van der Waals surface area contributed by atoms with Gasteiger partial charge in [0.15, 0.2) is 17.3 Å². The van der Waals surface area contributed by atoms with Gasteiger partial charge in [-0.15, -0.1) is 21.5 Å². The highest BCUT2D eigenvalue weighted by Crippen LogP contribution is 2.40.